The molecule has 0 amide bonds. The van der Waals surface area contributed by atoms with Crippen LogP contribution in [0.3, 0.4) is 0 Å². The summed E-state index contributed by atoms with van der Waals surface area (Å²) in [5.74, 6) is 0. The van der Waals surface area contributed by atoms with Gasteiger partial charge in [-0.3, -0.25) is 0 Å². The van der Waals surface area contributed by atoms with Gasteiger partial charge in [0.1, 0.15) is 0 Å². The van der Waals surface area contributed by atoms with Gasteiger partial charge in [-0.15, -0.1) is 0 Å². The van der Waals surface area contributed by atoms with E-state index in [0.29, 0.717) is 13.1 Å². The zero-order valence-corrected chi connectivity index (χ0v) is 12.9. The summed E-state index contributed by atoms with van der Waals surface area (Å²) in [5.41, 5.74) is 13.1. The molecule has 20 heavy (non-hydrogen) atoms. The van der Waals surface area contributed by atoms with Crippen molar-refractivity contribution >= 4 is 23.2 Å². The first kappa shape index (κ1) is 17.0. The van der Waals surface area contributed by atoms with Gasteiger partial charge in [-0.25, -0.2) is 0 Å². The molecule has 0 heterocycles. The van der Waals surface area contributed by atoms with Crippen LogP contribution in [0.15, 0.2) is 48.5 Å². The van der Waals surface area contributed by atoms with Crippen LogP contribution in [0.1, 0.15) is 11.1 Å². The highest BCUT2D eigenvalue weighted by molar-refractivity contribution is 6.31. The van der Waals surface area contributed by atoms with Crippen LogP contribution in [-0.4, -0.2) is 13.1 Å². The Labute approximate surface area is 130 Å². The molecule has 0 aromatic heterocycles. The maximum absolute atomic E-state index is 5.85. The monoisotopic (exact) mass is 310 g/mol. The predicted octanol–water partition coefficient (Wildman–Crippen LogP) is 3.68. The van der Waals surface area contributed by atoms with Gasteiger partial charge in [0.2, 0.25) is 0 Å². The second-order valence-electron chi connectivity index (χ2n) is 4.30. The molecule has 0 aliphatic carbocycles. The Hall–Kier alpha value is -1.06. The van der Waals surface area contributed by atoms with Crippen LogP contribution < -0.4 is 11.5 Å². The second-order valence-corrected chi connectivity index (χ2v) is 5.14. The SMILES string of the molecule is NCCc1ccc(Cl)cc1.NCCc1ccccc1Cl. The molecule has 108 valence electrons. The average molecular weight is 311 g/mol. The van der Waals surface area contributed by atoms with Gasteiger partial charge in [-0.1, -0.05) is 53.5 Å². The topological polar surface area (TPSA) is 52.0 Å². The van der Waals surface area contributed by atoms with E-state index in [-0.39, 0.29) is 0 Å². The Balaban J connectivity index is 0.000000200. The smallest absolute Gasteiger partial charge is 0.0438 e. The van der Waals surface area contributed by atoms with Crippen molar-refractivity contribution in [3.8, 4) is 0 Å². The van der Waals surface area contributed by atoms with Crippen LogP contribution in [0.4, 0.5) is 0 Å². The van der Waals surface area contributed by atoms with Crippen molar-refractivity contribution in [1.82, 2.24) is 0 Å². The van der Waals surface area contributed by atoms with Gasteiger partial charge in [-0.05, 0) is 55.3 Å². The Morgan fingerprint density at radius 1 is 0.750 bits per heavy atom. The Morgan fingerprint density at radius 2 is 1.35 bits per heavy atom. The van der Waals surface area contributed by atoms with Gasteiger partial charge < -0.3 is 11.5 Å². The van der Waals surface area contributed by atoms with Crippen LogP contribution in [0.2, 0.25) is 10.0 Å². The molecule has 0 unspecified atom stereocenters. The van der Waals surface area contributed by atoms with Crippen LogP contribution in [0.25, 0.3) is 0 Å². The fraction of sp³-hybridized carbons (Fsp3) is 0.250. The molecule has 2 aromatic carbocycles. The van der Waals surface area contributed by atoms with E-state index in [1.165, 1.54) is 5.56 Å². The van der Waals surface area contributed by atoms with Crippen LogP contribution in [0.5, 0.6) is 0 Å². The Kier molecular flexibility index (Phi) is 8.31. The normalized spacial score (nSPS) is 9.80. The molecule has 0 saturated heterocycles. The van der Waals surface area contributed by atoms with Crippen molar-refractivity contribution in [3.63, 3.8) is 0 Å². The average Bonchev–Trinajstić information content (AvgIpc) is 2.45. The third-order valence-electron chi connectivity index (χ3n) is 2.72. The molecule has 2 nitrogen and oxygen atoms in total. The van der Waals surface area contributed by atoms with Crippen LogP contribution in [-0.2, 0) is 12.8 Å². The Bertz CT molecular complexity index is 498. The lowest BCUT2D eigenvalue weighted by Gasteiger charge is -1.99. The predicted molar refractivity (Wildman–Crippen MR) is 88.4 cm³/mol. The van der Waals surface area contributed by atoms with Crippen molar-refractivity contribution in [2.75, 3.05) is 13.1 Å². The van der Waals surface area contributed by atoms with E-state index in [4.69, 9.17) is 34.7 Å². The summed E-state index contributed by atoms with van der Waals surface area (Å²) in [6.07, 6.45) is 1.79. The van der Waals surface area contributed by atoms with Crippen molar-refractivity contribution in [2.24, 2.45) is 11.5 Å². The first-order valence-corrected chi connectivity index (χ1v) is 7.31. The zero-order valence-electron chi connectivity index (χ0n) is 11.4. The third kappa shape index (κ3) is 6.40. The first-order chi connectivity index (χ1) is 9.67. The minimum Gasteiger partial charge on any atom is -0.330 e. The van der Waals surface area contributed by atoms with E-state index in [9.17, 15) is 0 Å². The highest BCUT2D eigenvalue weighted by Crippen LogP contribution is 2.14. The van der Waals surface area contributed by atoms with E-state index in [1.54, 1.807) is 0 Å². The van der Waals surface area contributed by atoms with Crippen molar-refractivity contribution in [1.29, 1.82) is 0 Å². The van der Waals surface area contributed by atoms with Crippen molar-refractivity contribution in [3.05, 3.63) is 69.7 Å². The molecule has 0 atom stereocenters. The number of hydrogen-bond donors (Lipinski definition) is 2. The standard InChI is InChI=1S/2C8H10ClN/c9-8-3-1-7(2-4-8)5-6-10;9-8-4-2-1-3-7(8)5-6-10/h2*1-4H,5-6,10H2. The molecule has 2 rings (SSSR count). The molecule has 2 aromatic rings. The molecule has 0 spiro atoms. The largest absolute Gasteiger partial charge is 0.330 e. The van der Waals surface area contributed by atoms with Gasteiger partial charge in [0, 0.05) is 10.0 Å². The van der Waals surface area contributed by atoms with E-state index < -0.39 is 0 Å². The Morgan fingerprint density at radius 3 is 1.90 bits per heavy atom. The number of rotatable bonds is 4. The van der Waals surface area contributed by atoms with Gasteiger partial charge in [0.05, 0.1) is 0 Å². The van der Waals surface area contributed by atoms with E-state index in [1.807, 2.05) is 48.5 Å². The molecule has 0 fully saturated rings. The van der Waals surface area contributed by atoms with Crippen molar-refractivity contribution in [2.45, 2.75) is 12.8 Å². The highest BCUT2D eigenvalue weighted by atomic mass is 35.5. The lowest BCUT2D eigenvalue weighted by molar-refractivity contribution is 0.969. The van der Waals surface area contributed by atoms with Gasteiger partial charge in [0.15, 0.2) is 0 Å². The first-order valence-electron chi connectivity index (χ1n) is 6.55. The van der Waals surface area contributed by atoms with E-state index in [0.717, 1.165) is 28.5 Å². The summed E-state index contributed by atoms with van der Waals surface area (Å²) in [7, 11) is 0. The third-order valence-corrected chi connectivity index (χ3v) is 3.34. The molecule has 0 aliphatic rings. The lowest BCUT2D eigenvalue weighted by Crippen LogP contribution is -2.02. The zero-order chi connectivity index (χ0) is 14.8. The number of nitrogens with two attached hydrogens (primary N) is 2. The molecule has 0 aliphatic heterocycles. The molecule has 0 radical (unpaired) electrons. The lowest BCUT2D eigenvalue weighted by atomic mass is 10.1. The molecule has 4 N–H and O–H groups in total. The summed E-state index contributed by atoms with van der Waals surface area (Å²) in [6.45, 7) is 1.35. The fourth-order valence-corrected chi connectivity index (χ4v) is 2.03. The molecular weight excluding hydrogens is 291 g/mol. The fourth-order valence-electron chi connectivity index (χ4n) is 1.67. The van der Waals surface area contributed by atoms with E-state index in [2.05, 4.69) is 0 Å². The van der Waals surface area contributed by atoms with E-state index >= 15 is 0 Å². The quantitative estimate of drug-likeness (QED) is 0.905. The number of benzene rings is 2. The highest BCUT2D eigenvalue weighted by Gasteiger charge is 1.94. The molecule has 4 heteroatoms. The molecule has 0 saturated carbocycles. The maximum Gasteiger partial charge on any atom is 0.0438 e. The minimum atomic E-state index is 0.656. The second kappa shape index (κ2) is 9.78. The summed E-state index contributed by atoms with van der Waals surface area (Å²) < 4.78 is 0. The summed E-state index contributed by atoms with van der Waals surface area (Å²) in [6, 6.07) is 15.5. The molecular formula is C16H20Cl2N2. The minimum absolute atomic E-state index is 0.656. The van der Waals surface area contributed by atoms with Gasteiger partial charge in [0.25, 0.3) is 0 Å². The van der Waals surface area contributed by atoms with Gasteiger partial charge in [-0.2, -0.15) is 0 Å². The number of hydrogen-bond acceptors (Lipinski definition) is 2. The maximum atomic E-state index is 5.85. The van der Waals surface area contributed by atoms with Crippen LogP contribution in [0, 0.1) is 0 Å². The number of halogens is 2. The molecule has 0 bridgehead atoms. The summed E-state index contributed by atoms with van der Waals surface area (Å²) in [4.78, 5) is 0. The summed E-state index contributed by atoms with van der Waals surface area (Å²) in [5, 5.41) is 1.59. The van der Waals surface area contributed by atoms with Gasteiger partial charge >= 0.3 is 0 Å². The summed E-state index contributed by atoms with van der Waals surface area (Å²) >= 11 is 11.5. The van der Waals surface area contributed by atoms with Crippen molar-refractivity contribution < 1.29 is 0 Å². The van der Waals surface area contributed by atoms with Crippen LogP contribution >= 0.6 is 23.2 Å².